The standard InChI is InChI=1S/C18H21N3O3S/c1-13-4-7-15(21(23)24)10-17(13)19-18(22)12-20(2)11-14-5-8-16(25-3)9-6-14/h4-10H,11-12H2,1-3H3,(H,19,22). The third-order valence-electron chi connectivity index (χ3n) is 3.73. The minimum absolute atomic E-state index is 0.0388. The first-order valence-electron chi connectivity index (χ1n) is 7.75. The second-order valence-corrected chi connectivity index (χ2v) is 6.70. The molecule has 0 aliphatic rings. The van der Waals surface area contributed by atoms with E-state index in [0.717, 1.165) is 11.1 Å². The van der Waals surface area contributed by atoms with Crippen LogP contribution in [0.25, 0.3) is 0 Å². The number of hydrogen-bond donors (Lipinski definition) is 1. The van der Waals surface area contributed by atoms with Crippen molar-refractivity contribution in [2.24, 2.45) is 0 Å². The lowest BCUT2D eigenvalue weighted by atomic mass is 10.2. The Bertz CT molecular complexity index is 763. The van der Waals surface area contributed by atoms with Crippen LogP contribution >= 0.6 is 11.8 Å². The largest absolute Gasteiger partial charge is 0.324 e. The number of rotatable bonds is 7. The molecule has 0 atom stereocenters. The van der Waals surface area contributed by atoms with Crippen LogP contribution in [0.4, 0.5) is 11.4 Å². The fourth-order valence-corrected chi connectivity index (χ4v) is 2.80. The highest BCUT2D eigenvalue weighted by Crippen LogP contribution is 2.22. The van der Waals surface area contributed by atoms with Crippen molar-refractivity contribution in [2.45, 2.75) is 18.4 Å². The van der Waals surface area contributed by atoms with E-state index in [2.05, 4.69) is 17.4 Å². The van der Waals surface area contributed by atoms with Gasteiger partial charge in [-0.3, -0.25) is 19.8 Å². The Morgan fingerprint density at radius 3 is 2.52 bits per heavy atom. The van der Waals surface area contributed by atoms with Gasteiger partial charge in [0, 0.05) is 23.6 Å². The average Bonchev–Trinajstić information content (AvgIpc) is 2.57. The Morgan fingerprint density at radius 2 is 1.92 bits per heavy atom. The summed E-state index contributed by atoms with van der Waals surface area (Å²) in [7, 11) is 1.86. The van der Waals surface area contributed by atoms with Gasteiger partial charge in [-0.2, -0.15) is 0 Å². The van der Waals surface area contributed by atoms with Crippen LogP contribution in [-0.4, -0.2) is 35.6 Å². The smallest absolute Gasteiger partial charge is 0.271 e. The number of likely N-dealkylation sites (N-methyl/N-ethyl adjacent to an activating group) is 1. The molecule has 1 amide bonds. The number of nitro benzene ring substituents is 1. The van der Waals surface area contributed by atoms with Gasteiger partial charge in [0.25, 0.3) is 5.69 Å². The third-order valence-corrected chi connectivity index (χ3v) is 4.47. The van der Waals surface area contributed by atoms with E-state index in [4.69, 9.17) is 0 Å². The molecule has 0 bridgehead atoms. The first-order valence-corrected chi connectivity index (χ1v) is 8.98. The van der Waals surface area contributed by atoms with E-state index in [-0.39, 0.29) is 18.1 Å². The first kappa shape index (κ1) is 19.0. The zero-order valence-electron chi connectivity index (χ0n) is 14.5. The van der Waals surface area contributed by atoms with E-state index in [1.807, 2.05) is 30.3 Å². The molecular formula is C18H21N3O3S. The van der Waals surface area contributed by atoms with E-state index in [9.17, 15) is 14.9 Å². The lowest BCUT2D eigenvalue weighted by molar-refractivity contribution is -0.384. The normalized spacial score (nSPS) is 10.7. The highest BCUT2D eigenvalue weighted by Gasteiger charge is 2.12. The summed E-state index contributed by atoms with van der Waals surface area (Å²) in [6.07, 6.45) is 2.03. The topological polar surface area (TPSA) is 75.5 Å². The number of nitro groups is 1. The summed E-state index contributed by atoms with van der Waals surface area (Å²) in [6.45, 7) is 2.65. The first-order chi connectivity index (χ1) is 11.9. The second-order valence-electron chi connectivity index (χ2n) is 5.82. The number of nitrogens with one attached hydrogen (secondary N) is 1. The molecule has 6 nitrogen and oxygen atoms in total. The summed E-state index contributed by atoms with van der Waals surface area (Å²) < 4.78 is 0. The van der Waals surface area contributed by atoms with E-state index in [1.165, 1.54) is 17.0 Å². The highest BCUT2D eigenvalue weighted by atomic mass is 32.2. The molecule has 2 aromatic rings. The van der Waals surface area contributed by atoms with Crippen molar-refractivity contribution in [3.63, 3.8) is 0 Å². The molecule has 2 aromatic carbocycles. The number of hydrogen-bond acceptors (Lipinski definition) is 5. The minimum Gasteiger partial charge on any atom is -0.324 e. The monoisotopic (exact) mass is 359 g/mol. The van der Waals surface area contributed by atoms with Crippen molar-refractivity contribution < 1.29 is 9.72 Å². The predicted octanol–water partition coefficient (Wildman–Crippen LogP) is 3.70. The summed E-state index contributed by atoms with van der Waals surface area (Å²) in [5.74, 6) is -0.202. The number of benzene rings is 2. The summed E-state index contributed by atoms with van der Waals surface area (Å²) in [4.78, 5) is 25.7. The van der Waals surface area contributed by atoms with Gasteiger partial charge >= 0.3 is 0 Å². The van der Waals surface area contributed by atoms with Gasteiger partial charge in [0.05, 0.1) is 17.2 Å². The predicted molar refractivity (Wildman–Crippen MR) is 101 cm³/mol. The molecule has 1 N–H and O–H groups in total. The SMILES string of the molecule is CSc1ccc(CN(C)CC(=O)Nc2cc([N+](=O)[O-])ccc2C)cc1. The second kappa shape index (κ2) is 8.64. The van der Waals surface area contributed by atoms with Crippen molar-refractivity contribution in [2.75, 3.05) is 25.2 Å². The van der Waals surface area contributed by atoms with Crippen molar-refractivity contribution in [1.29, 1.82) is 0 Å². The maximum absolute atomic E-state index is 12.2. The molecule has 0 unspecified atom stereocenters. The van der Waals surface area contributed by atoms with E-state index >= 15 is 0 Å². The zero-order valence-corrected chi connectivity index (χ0v) is 15.3. The highest BCUT2D eigenvalue weighted by molar-refractivity contribution is 7.98. The summed E-state index contributed by atoms with van der Waals surface area (Å²) in [5.41, 5.74) is 2.34. The maximum Gasteiger partial charge on any atom is 0.271 e. The molecule has 0 aromatic heterocycles. The van der Waals surface area contributed by atoms with Crippen LogP contribution in [0, 0.1) is 17.0 Å². The zero-order chi connectivity index (χ0) is 18.4. The third kappa shape index (κ3) is 5.58. The Hall–Kier alpha value is -2.38. The maximum atomic E-state index is 12.2. The Labute approximate surface area is 151 Å². The summed E-state index contributed by atoms with van der Waals surface area (Å²) >= 11 is 1.69. The average molecular weight is 359 g/mol. The van der Waals surface area contributed by atoms with Crippen molar-refractivity contribution in [3.8, 4) is 0 Å². The Balaban J connectivity index is 1.95. The molecule has 132 valence electrons. The number of aryl methyl sites for hydroxylation is 1. The molecule has 0 aliphatic carbocycles. The molecular weight excluding hydrogens is 338 g/mol. The van der Waals surface area contributed by atoms with Gasteiger partial charge in [-0.05, 0) is 43.5 Å². The molecule has 0 saturated carbocycles. The van der Waals surface area contributed by atoms with Gasteiger partial charge < -0.3 is 5.32 Å². The van der Waals surface area contributed by atoms with Crippen LogP contribution in [0.3, 0.4) is 0 Å². The quantitative estimate of drug-likeness (QED) is 0.463. The lowest BCUT2D eigenvalue weighted by Crippen LogP contribution is -2.30. The number of anilines is 1. The summed E-state index contributed by atoms with van der Waals surface area (Å²) in [5, 5.41) is 13.6. The molecule has 7 heteroatoms. The number of nitrogens with zero attached hydrogens (tertiary/aromatic N) is 2. The van der Waals surface area contributed by atoms with Crippen LogP contribution in [-0.2, 0) is 11.3 Å². The van der Waals surface area contributed by atoms with Gasteiger partial charge in [-0.25, -0.2) is 0 Å². The van der Waals surface area contributed by atoms with Crippen LogP contribution in [0.2, 0.25) is 0 Å². The van der Waals surface area contributed by atoms with Gasteiger partial charge in [0.1, 0.15) is 0 Å². The number of amides is 1. The molecule has 2 rings (SSSR count). The van der Waals surface area contributed by atoms with Crippen molar-refractivity contribution in [3.05, 3.63) is 63.7 Å². The van der Waals surface area contributed by atoms with E-state index in [1.54, 1.807) is 24.8 Å². The van der Waals surface area contributed by atoms with Crippen LogP contribution < -0.4 is 5.32 Å². The molecule has 0 radical (unpaired) electrons. The van der Waals surface area contributed by atoms with Crippen LogP contribution in [0.5, 0.6) is 0 Å². The number of thioether (sulfide) groups is 1. The fourth-order valence-electron chi connectivity index (χ4n) is 2.39. The Morgan fingerprint density at radius 1 is 1.24 bits per heavy atom. The number of carbonyl (C=O) groups is 1. The Kier molecular flexibility index (Phi) is 6.55. The van der Waals surface area contributed by atoms with Crippen LogP contribution in [0.15, 0.2) is 47.4 Å². The van der Waals surface area contributed by atoms with Gasteiger partial charge in [-0.1, -0.05) is 18.2 Å². The van der Waals surface area contributed by atoms with Crippen molar-refractivity contribution in [1.82, 2.24) is 4.90 Å². The fraction of sp³-hybridized carbons (Fsp3) is 0.278. The van der Waals surface area contributed by atoms with Gasteiger partial charge in [-0.15, -0.1) is 11.8 Å². The number of non-ortho nitro benzene ring substituents is 1. The molecule has 0 saturated heterocycles. The van der Waals surface area contributed by atoms with Crippen LogP contribution in [0.1, 0.15) is 11.1 Å². The molecule has 0 fully saturated rings. The van der Waals surface area contributed by atoms with Gasteiger partial charge in [0.2, 0.25) is 5.91 Å². The lowest BCUT2D eigenvalue weighted by Gasteiger charge is -2.17. The summed E-state index contributed by atoms with van der Waals surface area (Å²) in [6, 6.07) is 12.6. The van der Waals surface area contributed by atoms with E-state index in [0.29, 0.717) is 12.2 Å². The van der Waals surface area contributed by atoms with Gasteiger partial charge in [0.15, 0.2) is 0 Å². The molecule has 0 spiro atoms. The van der Waals surface area contributed by atoms with E-state index < -0.39 is 4.92 Å². The van der Waals surface area contributed by atoms with Crippen molar-refractivity contribution >= 4 is 29.0 Å². The molecule has 25 heavy (non-hydrogen) atoms. The molecule has 0 heterocycles. The minimum atomic E-state index is -0.473. The number of carbonyl (C=O) groups excluding carboxylic acids is 1. The molecule has 0 aliphatic heterocycles.